The van der Waals surface area contributed by atoms with Gasteiger partial charge < -0.3 is 9.88 Å². The molecule has 0 bridgehead atoms. The van der Waals surface area contributed by atoms with Gasteiger partial charge in [0.1, 0.15) is 17.6 Å². The molecule has 6 nitrogen and oxygen atoms in total. The fourth-order valence-electron chi connectivity index (χ4n) is 3.48. The van der Waals surface area contributed by atoms with Crippen molar-refractivity contribution in [2.24, 2.45) is 0 Å². The molecule has 2 aromatic carbocycles. The van der Waals surface area contributed by atoms with E-state index in [1.807, 2.05) is 50.4 Å². The lowest BCUT2D eigenvalue weighted by atomic mass is 10.1. The van der Waals surface area contributed by atoms with Crippen LogP contribution in [0, 0.1) is 6.92 Å². The molecular weight excluding hydrogens is 400 g/mol. The van der Waals surface area contributed by atoms with Gasteiger partial charge in [-0.1, -0.05) is 48.0 Å². The first-order valence-electron chi connectivity index (χ1n) is 9.68. The third-order valence-electron chi connectivity index (χ3n) is 5.12. The molecule has 4 aromatic rings. The summed E-state index contributed by atoms with van der Waals surface area (Å²) in [4.78, 5) is 30.3. The first kappa shape index (κ1) is 19.9. The van der Waals surface area contributed by atoms with Crippen LogP contribution in [0.3, 0.4) is 0 Å². The number of hydrogen-bond acceptors (Lipinski definition) is 3. The number of aromatic nitrogens is 3. The topological polar surface area (TPSA) is 68.9 Å². The molecule has 7 heteroatoms. The van der Waals surface area contributed by atoms with Crippen LogP contribution in [-0.2, 0) is 17.9 Å². The molecule has 1 N–H and O–H groups in total. The molecule has 0 aliphatic rings. The number of fused-ring (bicyclic) bond motifs is 1. The largest absolute Gasteiger partial charge is 0.332 e. The molecule has 152 valence electrons. The first-order valence-corrected chi connectivity index (χ1v) is 10.1. The van der Waals surface area contributed by atoms with Crippen LogP contribution in [0.25, 0.3) is 22.2 Å². The number of amides is 1. The van der Waals surface area contributed by atoms with Crippen molar-refractivity contribution < 1.29 is 4.79 Å². The molecule has 0 radical (unpaired) electrons. The molecule has 0 aliphatic heterocycles. The number of carbonyl (C=O) groups is 1. The number of benzene rings is 2. The maximum absolute atomic E-state index is 13.0. The van der Waals surface area contributed by atoms with Gasteiger partial charge in [-0.3, -0.25) is 14.2 Å². The molecule has 0 aliphatic carbocycles. The Bertz CT molecular complexity index is 1290. The second-order valence-electron chi connectivity index (χ2n) is 7.03. The van der Waals surface area contributed by atoms with Gasteiger partial charge in [-0.2, -0.15) is 0 Å². The molecule has 0 spiro atoms. The summed E-state index contributed by atoms with van der Waals surface area (Å²) in [6.07, 6.45) is 3.37. The maximum atomic E-state index is 13.0. The second-order valence-corrected chi connectivity index (χ2v) is 7.44. The summed E-state index contributed by atoms with van der Waals surface area (Å²) in [5.41, 5.74) is 4.03. The lowest BCUT2D eigenvalue weighted by Crippen LogP contribution is -2.24. The number of hydrogen-bond donors (Lipinski definition) is 1. The van der Waals surface area contributed by atoms with Gasteiger partial charge in [-0.15, -0.1) is 0 Å². The van der Waals surface area contributed by atoms with Crippen LogP contribution >= 0.6 is 11.6 Å². The van der Waals surface area contributed by atoms with Crippen LogP contribution in [0.4, 0.5) is 5.69 Å². The van der Waals surface area contributed by atoms with Crippen LogP contribution in [0.1, 0.15) is 12.5 Å². The molecule has 0 unspecified atom stereocenters. The lowest BCUT2D eigenvalue weighted by molar-refractivity contribution is -0.116. The minimum Gasteiger partial charge on any atom is -0.332 e. The van der Waals surface area contributed by atoms with Crippen molar-refractivity contribution in [3.8, 4) is 11.1 Å². The Morgan fingerprint density at radius 3 is 2.60 bits per heavy atom. The number of nitrogens with one attached hydrogen (secondary N) is 1. The van der Waals surface area contributed by atoms with Crippen molar-refractivity contribution in [3.05, 3.63) is 82.0 Å². The average Bonchev–Trinajstić information content (AvgIpc) is 3.11. The van der Waals surface area contributed by atoms with Crippen molar-refractivity contribution in [2.45, 2.75) is 26.9 Å². The van der Waals surface area contributed by atoms with Gasteiger partial charge in [-0.05, 0) is 37.1 Å². The summed E-state index contributed by atoms with van der Waals surface area (Å²) in [5.74, 6) is -0.247. The smallest absolute Gasteiger partial charge is 0.277 e. The third kappa shape index (κ3) is 3.62. The summed E-state index contributed by atoms with van der Waals surface area (Å²) >= 11 is 6.15. The summed E-state index contributed by atoms with van der Waals surface area (Å²) < 4.78 is 3.21. The minimum atomic E-state index is -0.247. The van der Waals surface area contributed by atoms with Crippen molar-refractivity contribution in [1.82, 2.24) is 14.1 Å². The van der Waals surface area contributed by atoms with Gasteiger partial charge >= 0.3 is 0 Å². The van der Waals surface area contributed by atoms with Crippen molar-refractivity contribution in [3.63, 3.8) is 0 Å². The zero-order chi connectivity index (χ0) is 21.3. The van der Waals surface area contributed by atoms with Gasteiger partial charge in [0.15, 0.2) is 0 Å². The molecule has 2 heterocycles. The first-order chi connectivity index (χ1) is 14.5. The molecule has 0 fully saturated rings. The van der Waals surface area contributed by atoms with Gasteiger partial charge in [-0.25, -0.2) is 4.98 Å². The van der Waals surface area contributed by atoms with Gasteiger partial charge in [0.2, 0.25) is 5.91 Å². The Balaban J connectivity index is 1.77. The average molecular weight is 421 g/mol. The Morgan fingerprint density at radius 2 is 1.87 bits per heavy atom. The van der Waals surface area contributed by atoms with E-state index >= 15 is 0 Å². The van der Waals surface area contributed by atoms with E-state index < -0.39 is 0 Å². The summed E-state index contributed by atoms with van der Waals surface area (Å²) in [6, 6.07) is 15.1. The van der Waals surface area contributed by atoms with Gasteiger partial charge in [0.05, 0.1) is 6.33 Å². The highest BCUT2D eigenvalue weighted by atomic mass is 35.5. The molecule has 2 aromatic heterocycles. The van der Waals surface area contributed by atoms with Crippen molar-refractivity contribution >= 4 is 34.2 Å². The Morgan fingerprint density at radius 1 is 1.10 bits per heavy atom. The standard InChI is InChI=1S/C23H21ClN4O2/c1-3-27-14-25-21-17(16-8-5-4-6-9-16)12-28(22(21)23(27)30)13-20(29)26-19-11-7-10-18(24)15(19)2/h4-12,14H,3,13H2,1-2H3,(H,26,29). The Labute approximate surface area is 178 Å². The number of rotatable bonds is 5. The molecule has 30 heavy (non-hydrogen) atoms. The summed E-state index contributed by atoms with van der Waals surface area (Å²) in [7, 11) is 0. The van der Waals surface area contributed by atoms with E-state index in [1.54, 1.807) is 29.1 Å². The summed E-state index contributed by atoms with van der Waals surface area (Å²) in [5, 5.41) is 3.47. The highest BCUT2D eigenvalue weighted by Crippen LogP contribution is 2.28. The fraction of sp³-hybridized carbons (Fsp3) is 0.174. The zero-order valence-corrected chi connectivity index (χ0v) is 17.5. The minimum absolute atomic E-state index is 0.0140. The van der Waals surface area contributed by atoms with Gasteiger partial charge in [0, 0.05) is 29.0 Å². The fourth-order valence-corrected chi connectivity index (χ4v) is 3.66. The highest BCUT2D eigenvalue weighted by Gasteiger charge is 2.18. The third-order valence-corrected chi connectivity index (χ3v) is 5.53. The SMILES string of the molecule is CCn1cnc2c(-c3ccccc3)cn(CC(=O)Nc3cccc(Cl)c3C)c2c1=O. The molecule has 4 rings (SSSR count). The normalized spacial score (nSPS) is 11.0. The zero-order valence-electron chi connectivity index (χ0n) is 16.7. The number of nitrogens with zero attached hydrogens (tertiary/aromatic N) is 3. The van der Waals surface area contributed by atoms with E-state index in [0.717, 1.165) is 16.7 Å². The van der Waals surface area contributed by atoms with Crippen LogP contribution < -0.4 is 10.9 Å². The second kappa shape index (κ2) is 8.16. The van der Waals surface area contributed by atoms with E-state index in [-0.39, 0.29) is 18.0 Å². The maximum Gasteiger partial charge on any atom is 0.277 e. The van der Waals surface area contributed by atoms with E-state index in [9.17, 15) is 9.59 Å². The summed E-state index contributed by atoms with van der Waals surface area (Å²) in [6.45, 7) is 4.22. The monoisotopic (exact) mass is 420 g/mol. The quantitative estimate of drug-likeness (QED) is 0.517. The number of aryl methyl sites for hydroxylation is 1. The van der Waals surface area contributed by atoms with Crippen LogP contribution in [0.5, 0.6) is 0 Å². The van der Waals surface area contributed by atoms with E-state index in [0.29, 0.717) is 28.3 Å². The molecule has 0 saturated carbocycles. The van der Waals surface area contributed by atoms with Crippen LogP contribution in [0.15, 0.2) is 65.8 Å². The molecule has 0 atom stereocenters. The molecular formula is C23H21ClN4O2. The Hall–Kier alpha value is -3.38. The number of anilines is 1. The molecule has 1 amide bonds. The van der Waals surface area contributed by atoms with E-state index in [2.05, 4.69) is 10.3 Å². The van der Waals surface area contributed by atoms with Crippen LogP contribution in [-0.4, -0.2) is 20.0 Å². The van der Waals surface area contributed by atoms with Crippen molar-refractivity contribution in [2.75, 3.05) is 5.32 Å². The predicted octanol–water partition coefficient (Wildman–Crippen LogP) is 4.49. The number of carbonyl (C=O) groups excluding carboxylic acids is 1. The Kier molecular flexibility index (Phi) is 5.42. The van der Waals surface area contributed by atoms with E-state index in [1.165, 1.54) is 4.57 Å². The molecule has 0 saturated heterocycles. The highest BCUT2D eigenvalue weighted by molar-refractivity contribution is 6.31. The van der Waals surface area contributed by atoms with Gasteiger partial charge in [0.25, 0.3) is 5.56 Å². The van der Waals surface area contributed by atoms with E-state index in [4.69, 9.17) is 11.6 Å². The lowest BCUT2D eigenvalue weighted by Gasteiger charge is -2.10. The predicted molar refractivity (Wildman–Crippen MR) is 120 cm³/mol. The number of halogens is 1. The van der Waals surface area contributed by atoms with Crippen LogP contribution in [0.2, 0.25) is 5.02 Å². The van der Waals surface area contributed by atoms with Crippen molar-refractivity contribution in [1.29, 1.82) is 0 Å².